The molecule has 2 aliphatic rings. The molecule has 4 nitrogen and oxygen atoms in total. The fraction of sp³-hybridized carbons (Fsp3) is 0.562. The number of benzene rings is 1. The summed E-state index contributed by atoms with van der Waals surface area (Å²) in [6, 6.07) is 4.92. The standard InChI is InChI=1S/C16H20F2N2O2S/c17-15(18)22-12-4-5-13-11(10-12)2-1-3-14(13)19-16(21)20-6-8-23-9-7-20/h4-5,10,14-15H,1-3,6-9H2,(H,19,21). The van der Waals surface area contributed by atoms with Crippen molar-refractivity contribution in [1.82, 2.24) is 10.2 Å². The second-order valence-corrected chi connectivity index (χ2v) is 6.96. The van der Waals surface area contributed by atoms with Crippen molar-refractivity contribution in [2.24, 2.45) is 0 Å². The molecule has 0 saturated carbocycles. The fourth-order valence-electron chi connectivity index (χ4n) is 3.12. The first kappa shape index (κ1) is 16.4. The number of carbonyl (C=O) groups is 1. The number of thioether (sulfide) groups is 1. The summed E-state index contributed by atoms with van der Waals surface area (Å²) < 4.78 is 29.1. The SMILES string of the molecule is O=C(NC1CCCc2cc(OC(F)F)ccc21)N1CCSCC1. The van der Waals surface area contributed by atoms with Gasteiger partial charge < -0.3 is 15.0 Å². The number of nitrogens with zero attached hydrogens (tertiary/aromatic N) is 1. The van der Waals surface area contributed by atoms with Gasteiger partial charge in [0.2, 0.25) is 0 Å². The van der Waals surface area contributed by atoms with E-state index < -0.39 is 6.61 Å². The van der Waals surface area contributed by atoms with Crippen LogP contribution >= 0.6 is 11.8 Å². The van der Waals surface area contributed by atoms with Crippen LogP contribution in [0.15, 0.2) is 18.2 Å². The molecule has 0 aromatic heterocycles. The molecule has 23 heavy (non-hydrogen) atoms. The number of hydrogen-bond acceptors (Lipinski definition) is 3. The number of hydrogen-bond donors (Lipinski definition) is 1. The summed E-state index contributed by atoms with van der Waals surface area (Å²) in [6.45, 7) is -1.27. The number of nitrogens with one attached hydrogen (secondary N) is 1. The van der Waals surface area contributed by atoms with Crippen LogP contribution in [0.4, 0.5) is 13.6 Å². The molecule has 0 bridgehead atoms. The fourth-order valence-corrected chi connectivity index (χ4v) is 4.03. The maximum Gasteiger partial charge on any atom is 0.387 e. The number of alkyl halides is 2. The Morgan fingerprint density at radius 2 is 2.13 bits per heavy atom. The molecule has 1 saturated heterocycles. The summed E-state index contributed by atoms with van der Waals surface area (Å²) in [5.41, 5.74) is 1.99. The predicted octanol–water partition coefficient (Wildman–Crippen LogP) is 3.42. The van der Waals surface area contributed by atoms with Gasteiger partial charge in [-0.25, -0.2) is 4.79 Å². The number of amides is 2. The van der Waals surface area contributed by atoms with Crippen molar-refractivity contribution in [1.29, 1.82) is 0 Å². The lowest BCUT2D eigenvalue weighted by Gasteiger charge is -2.31. The van der Waals surface area contributed by atoms with Crippen LogP contribution in [0, 0.1) is 0 Å². The van der Waals surface area contributed by atoms with Gasteiger partial charge >= 0.3 is 12.6 Å². The molecule has 1 fully saturated rings. The summed E-state index contributed by atoms with van der Waals surface area (Å²) in [5, 5.41) is 3.09. The molecule has 0 spiro atoms. The van der Waals surface area contributed by atoms with Crippen LogP contribution in [-0.2, 0) is 6.42 Å². The lowest BCUT2D eigenvalue weighted by atomic mass is 9.87. The van der Waals surface area contributed by atoms with Gasteiger partial charge in [-0.15, -0.1) is 0 Å². The van der Waals surface area contributed by atoms with Gasteiger partial charge in [0.15, 0.2) is 0 Å². The first-order valence-corrected chi connectivity index (χ1v) is 9.00. The highest BCUT2D eigenvalue weighted by atomic mass is 32.2. The van der Waals surface area contributed by atoms with E-state index in [9.17, 15) is 13.6 Å². The Hall–Kier alpha value is -1.50. The second-order valence-electron chi connectivity index (χ2n) is 5.73. The van der Waals surface area contributed by atoms with E-state index in [0.29, 0.717) is 0 Å². The topological polar surface area (TPSA) is 41.6 Å². The van der Waals surface area contributed by atoms with Crippen molar-refractivity contribution in [3.8, 4) is 5.75 Å². The van der Waals surface area contributed by atoms with Gasteiger partial charge in [-0.2, -0.15) is 20.5 Å². The molecule has 1 atom stereocenters. The Kier molecular flexibility index (Phi) is 5.25. The maximum atomic E-state index is 12.4. The van der Waals surface area contributed by atoms with E-state index in [4.69, 9.17) is 0 Å². The molecule has 1 N–H and O–H groups in total. The molecule has 1 aliphatic carbocycles. The molecule has 7 heteroatoms. The lowest BCUT2D eigenvalue weighted by Crippen LogP contribution is -2.46. The summed E-state index contributed by atoms with van der Waals surface area (Å²) >= 11 is 1.86. The van der Waals surface area contributed by atoms with E-state index in [2.05, 4.69) is 10.1 Å². The van der Waals surface area contributed by atoms with Crippen LogP contribution in [0.2, 0.25) is 0 Å². The van der Waals surface area contributed by atoms with Crippen LogP contribution in [0.1, 0.15) is 30.0 Å². The zero-order valence-corrected chi connectivity index (χ0v) is 13.6. The summed E-state index contributed by atoms with van der Waals surface area (Å²) in [7, 11) is 0. The van der Waals surface area contributed by atoms with Gasteiger partial charge in [-0.1, -0.05) is 6.07 Å². The van der Waals surface area contributed by atoms with E-state index in [-0.39, 0.29) is 17.8 Å². The van der Waals surface area contributed by atoms with E-state index in [1.807, 2.05) is 16.7 Å². The van der Waals surface area contributed by atoms with Crippen LogP contribution in [0.25, 0.3) is 0 Å². The molecule has 1 aliphatic heterocycles. The Balaban J connectivity index is 1.69. The van der Waals surface area contributed by atoms with Gasteiger partial charge in [0.05, 0.1) is 6.04 Å². The minimum Gasteiger partial charge on any atom is -0.435 e. The van der Waals surface area contributed by atoms with Gasteiger partial charge in [-0.05, 0) is 42.5 Å². The Labute approximate surface area is 138 Å². The van der Waals surface area contributed by atoms with Crippen molar-refractivity contribution >= 4 is 17.8 Å². The molecular formula is C16H20F2N2O2S. The zero-order chi connectivity index (χ0) is 16.2. The Morgan fingerprint density at radius 1 is 1.35 bits per heavy atom. The molecule has 0 radical (unpaired) electrons. The second kappa shape index (κ2) is 7.38. The summed E-state index contributed by atoms with van der Waals surface area (Å²) in [6.07, 6.45) is 2.62. The molecule has 2 amide bonds. The predicted molar refractivity (Wildman–Crippen MR) is 86.2 cm³/mol. The van der Waals surface area contributed by atoms with Crippen molar-refractivity contribution in [2.45, 2.75) is 31.9 Å². The largest absolute Gasteiger partial charge is 0.435 e. The zero-order valence-electron chi connectivity index (χ0n) is 12.8. The molecular weight excluding hydrogens is 322 g/mol. The minimum atomic E-state index is -2.82. The minimum absolute atomic E-state index is 0.0314. The average Bonchev–Trinajstić information content (AvgIpc) is 2.55. The van der Waals surface area contributed by atoms with Gasteiger partial charge in [0, 0.05) is 24.6 Å². The molecule has 1 unspecified atom stereocenters. The number of carbonyl (C=O) groups excluding carboxylic acids is 1. The average molecular weight is 342 g/mol. The third kappa shape index (κ3) is 4.07. The Morgan fingerprint density at radius 3 is 2.87 bits per heavy atom. The van der Waals surface area contributed by atoms with E-state index in [1.165, 1.54) is 0 Å². The van der Waals surface area contributed by atoms with E-state index >= 15 is 0 Å². The highest BCUT2D eigenvalue weighted by Gasteiger charge is 2.25. The number of aryl methyl sites for hydroxylation is 1. The number of ether oxygens (including phenoxy) is 1. The van der Waals surface area contributed by atoms with Gasteiger partial charge in [0.1, 0.15) is 5.75 Å². The van der Waals surface area contributed by atoms with Crippen LogP contribution < -0.4 is 10.1 Å². The van der Waals surface area contributed by atoms with Crippen molar-refractivity contribution in [2.75, 3.05) is 24.6 Å². The molecule has 1 heterocycles. The van der Waals surface area contributed by atoms with Crippen molar-refractivity contribution < 1.29 is 18.3 Å². The van der Waals surface area contributed by atoms with E-state index in [0.717, 1.165) is 55.0 Å². The van der Waals surface area contributed by atoms with Gasteiger partial charge in [-0.3, -0.25) is 0 Å². The number of fused-ring (bicyclic) bond motifs is 1. The number of halogens is 2. The first-order valence-electron chi connectivity index (χ1n) is 7.84. The lowest BCUT2D eigenvalue weighted by molar-refractivity contribution is -0.0499. The van der Waals surface area contributed by atoms with Crippen LogP contribution in [0.3, 0.4) is 0 Å². The quantitative estimate of drug-likeness (QED) is 0.915. The number of rotatable bonds is 3. The third-order valence-electron chi connectivity index (χ3n) is 4.25. The number of urea groups is 1. The summed E-state index contributed by atoms with van der Waals surface area (Å²) in [4.78, 5) is 14.2. The molecule has 1 aromatic carbocycles. The highest BCUT2D eigenvalue weighted by molar-refractivity contribution is 7.99. The maximum absolute atomic E-state index is 12.4. The normalized spacial score (nSPS) is 21.0. The van der Waals surface area contributed by atoms with Crippen molar-refractivity contribution in [3.63, 3.8) is 0 Å². The first-order chi connectivity index (χ1) is 11.1. The highest BCUT2D eigenvalue weighted by Crippen LogP contribution is 2.32. The van der Waals surface area contributed by atoms with Crippen LogP contribution in [-0.4, -0.2) is 42.1 Å². The summed E-state index contributed by atoms with van der Waals surface area (Å²) in [5.74, 6) is 2.13. The monoisotopic (exact) mass is 342 g/mol. The van der Waals surface area contributed by atoms with Gasteiger partial charge in [0.25, 0.3) is 0 Å². The third-order valence-corrected chi connectivity index (χ3v) is 5.19. The molecule has 3 rings (SSSR count). The molecule has 126 valence electrons. The molecule has 1 aromatic rings. The van der Waals surface area contributed by atoms with E-state index in [1.54, 1.807) is 18.2 Å². The Bertz CT molecular complexity index is 565. The van der Waals surface area contributed by atoms with Crippen LogP contribution in [0.5, 0.6) is 5.75 Å². The van der Waals surface area contributed by atoms with Crippen molar-refractivity contribution in [3.05, 3.63) is 29.3 Å². The smallest absolute Gasteiger partial charge is 0.387 e.